The predicted molar refractivity (Wildman–Crippen MR) is 115 cm³/mol. The summed E-state index contributed by atoms with van der Waals surface area (Å²) in [6.45, 7) is 1.24. The van der Waals surface area contributed by atoms with Crippen LogP contribution in [0.5, 0.6) is 0 Å². The molecule has 1 aliphatic heterocycles. The lowest BCUT2D eigenvalue weighted by Crippen LogP contribution is -2.87. The van der Waals surface area contributed by atoms with E-state index in [1.807, 2.05) is 0 Å². The van der Waals surface area contributed by atoms with Crippen LogP contribution in [-0.4, -0.2) is 50.8 Å². The lowest BCUT2D eigenvalue weighted by atomic mass is 10.1. The van der Waals surface area contributed by atoms with Crippen molar-refractivity contribution in [1.29, 1.82) is 0 Å². The molecule has 0 unspecified atom stereocenters. The predicted octanol–water partition coefficient (Wildman–Crippen LogP) is -1.11. The van der Waals surface area contributed by atoms with Crippen LogP contribution < -0.4 is 27.5 Å². The number of amides is 1. The third kappa shape index (κ3) is 4.96. The van der Waals surface area contributed by atoms with Gasteiger partial charge in [0.1, 0.15) is 0 Å². The number of carbonyl (C=O) groups excluding carboxylic acids is 1. The highest BCUT2D eigenvalue weighted by molar-refractivity contribution is 9.10. The first kappa shape index (κ1) is 22.2. The fraction of sp³-hybridized carbons (Fsp3) is 0.222. The first-order chi connectivity index (χ1) is 14.3. The largest absolute Gasteiger partial charge is 0.379 e. The highest BCUT2D eigenvalue weighted by Gasteiger charge is 2.27. The normalized spacial score (nSPS) is 15.6. The summed E-state index contributed by atoms with van der Waals surface area (Å²) in [6.07, 6.45) is 0. The number of rotatable bonds is 6. The van der Waals surface area contributed by atoms with E-state index in [1.54, 1.807) is 24.3 Å². The first-order valence-corrected chi connectivity index (χ1v) is 11.2. The number of benzene rings is 2. The number of morpholine rings is 1. The average Bonchev–Trinajstić information content (AvgIpc) is 2.75. The van der Waals surface area contributed by atoms with Gasteiger partial charge in [-0.05, 0) is 36.4 Å². The van der Waals surface area contributed by atoms with Gasteiger partial charge in [0.25, 0.3) is 11.7 Å². The molecule has 1 heterocycles. The van der Waals surface area contributed by atoms with Crippen molar-refractivity contribution in [3.8, 4) is 0 Å². The second kappa shape index (κ2) is 9.53. The lowest BCUT2D eigenvalue weighted by molar-refractivity contribution is -0.528. The molecule has 0 radical (unpaired) electrons. The van der Waals surface area contributed by atoms with Crippen molar-refractivity contribution >= 4 is 43.4 Å². The van der Waals surface area contributed by atoms with Gasteiger partial charge >= 0.3 is 0 Å². The quantitative estimate of drug-likeness (QED) is 0.146. The van der Waals surface area contributed by atoms with Gasteiger partial charge in [-0.25, -0.2) is 14.3 Å². The minimum absolute atomic E-state index is 0.0492. The molecule has 1 aliphatic rings. The molecule has 1 saturated heterocycles. The van der Waals surface area contributed by atoms with Crippen molar-refractivity contribution in [1.82, 2.24) is 9.84 Å². The number of amidine groups is 1. The number of hydrogen-bond donors (Lipinski definition) is 5. The number of hydrazone groups is 1. The number of nitrogens with zero attached hydrogens (tertiary/aromatic N) is 1. The summed E-state index contributed by atoms with van der Waals surface area (Å²) in [6, 6.07) is 11.0. The molecule has 1 amide bonds. The summed E-state index contributed by atoms with van der Waals surface area (Å²) in [5, 5.41) is 5.32. The molecule has 2 aromatic rings. The van der Waals surface area contributed by atoms with Crippen LogP contribution in [0.3, 0.4) is 0 Å². The first-order valence-electron chi connectivity index (χ1n) is 8.96. The van der Waals surface area contributed by atoms with Crippen molar-refractivity contribution in [3.63, 3.8) is 0 Å². The number of nitrogens with one attached hydrogen (secondary N) is 3. The van der Waals surface area contributed by atoms with E-state index in [0.717, 1.165) is 4.47 Å². The standard InChI is InChI=1S/C18H21BrN6O4S/c19-13-4-5-16(15(11-13)17(20)23-24-21)22-18(26)12-2-1-3-14(10-12)30(27,28)25-6-8-29-9-7-25/h1-5,10-11,24H,6-9,21H2,(H2,20,23)(H,22,26)/p+1. The molecule has 0 saturated carbocycles. The molecule has 0 bridgehead atoms. The van der Waals surface area contributed by atoms with E-state index in [1.165, 1.54) is 22.5 Å². The smallest absolute Gasteiger partial charge is 0.299 e. The third-order valence-corrected chi connectivity index (χ3v) is 6.82. The van der Waals surface area contributed by atoms with Gasteiger partial charge < -0.3 is 10.1 Å². The highest BCUT2D eigenvalue weighted by Crippen LogP contribution is 2.22. The Kier molecular flexibility index (Phi) is 7.05. The second-order valence-corrected chi connectivity index (χ2v) is 9.22. The molecule has 160 valence electrons. The molecule has 1 fully saturated rings. The number of nitrogen functional groups attached to an aromatic ring is 1. The number of carbonyl (C=O) groups is 1. The van der Waals surface area contributed by atoms with E-state index < -0.39 is 15.9 Å². The van der Waals surface area contributed by atoms with Crippen molar-refractivity contribution in [3.05, 3.63) is 58.1 Å². The van der Waals surface area contributed by atoms with Gasteiger partial charge in [-0.2, -0.15) is 14.9 Å². The van der Waals surface area contributed by atoms with E-state index in [9.17, 15) is 13.2 Å². The van der Waals surface area contributed by atoms with Crippen LogP contribution >= 0.6 is 15.9 Å². The van der Waals surface area contributed by atoms with Crippen LogP contribution in [0.2, 0.25) is 0 Å². The highest BCUT2D eigenvalue weighted by atomic mass is 79.9. The Labute approximate surface area is 182 Å². The maximum atomic E-state index is 12.9. The minimum Gasteiger partial charge on any atom is -0.379 e. The summed E-state index contributed by atoms with van der Waals surface area (Å²) < 4.78 is 33.0. The maximum Gasteiger partial charge on any atom is 0.299 e. The zero-order valence-corrected chi connectivity index (χ0v) is 18.3. The number of nitrogens with two attached hydrogens (primary N) is 2. The lowest BCUT2D eigenvalue weighted by Gasteiger charge is -2.26. The molecule has 0 aliphatic carbocycles. The van der Waals surface area contributed by atoms with E-state index in [-0.39, 0.29) is 29.4 Å². The Hall–Kier alpha value is -2.51. The average molecular weight is 498 g/mol. The molecule has 0 atom stereocenters. The molecule has 30 heavy (non-hydrogen) atoms. The van der Waals surface area contributed by atoms with E-state index in [4.69, 9.17) is 16.3 Å². The van der Waals surface area contributed by atoms with Crippen LogP contribution in [0.4, 0.5) is 5.69 Å². The van der Waals surface area contributed by atoms with Crippen LogP contribution in [0.1, 0.15) is 15.9 Å². The molecular formula is C18H22BrN6O4S+. The van der Waals surface area contributed by atoms with Crippen LogP contribution in [0, 0.1) is 0 Å². The van der Waals surface area contributed by atoms with E-state index in [2.05, 4.69) is 31.9 Å². The molecule has 7 N–H and O–H groups in total. The van der Waals surface area contributed by atoms with Gasteiger partial charge in [-0.3, -0.25) is 10.5 Å². The molecule has 2 aromatic carbocycles. The van der Waals surface area contributed by atoms with Crippen LogP contribution in [-0.2, 0) is 14.8 Å². The van der Waals surface area contributed by atoms with Crippen molar-refractivity contribution in [2.24, 2.45) is 11.6 Å². The van der Waals surface area contributed by atoms with Crippen molar-refractivity contribution < 1.29 is 23.1 Å². The van der Waals surface area contributed by atoms with Crippen LogP contribution in [0.25, 0.3) is 0 Å². The Morgan fingerprint density at radius 3 is 2.60 bits per heavy atom. The summed E-state index contributed by atoms with van der Waals surface area (Å²) in [5.74, 6) is 4.95. The monoisotopic (exact) mass is 497 g/mol. The van der Waals surface area contributed by atoms with Crippen LogP contribution in [0.15, 0.2) is 51.8 Å². The Bertz CT molecular complexity index is 1070. The molecule has 10 nitrogen and oxygen atoms in total. The topological polar surface area (TPSA) is 154 Å². The van der Waals surface area contributed by atoms with Gasteiger partial charge in [0, 0.05) is 23.1 Å². The maximum absolute atomic E-state index is 12.9. The molecule has 0 spiro atoms. The SMILES string of the molecule is NN/[NH+]=C(\N)c1cc(Br)ccc1NC(=O)c1cccc(S(=O)(=O)N2CCOCC2)c1. The van der Waals surface area contributed by atoms with Gasteiger partial charge in [0.15, 0.2) is 0 Å². The van der Waals surface area contributed by atoms with E-state index in [0.29, 0.717) is 24.5 Å². The van der Waals surface area contributed by atoms with Crippen molar-refractivity contribution in [2.75, 3.05) is 31.6 Å². The molecular weight excluding hydrogens is 476 g/mol. The van der Waals surface area contributed by atoms with Gasteiger partial charge in [0.05, 0.1) is 29.4 Å². The van der Waals surface area contributed by atoms with Gasteiger partial charge in [-0.15, -0.1) is 0 Å². The molecule has 3 rings (SSSR count). The number of hydrogen-bond acceptors (Lipinski definition) is 6. The number of anilines is 1. The zero-order valence-electron chi connectivity index (χ0n) is 15.9. The zero-order chi connectivity index (χ0) is 21.7. The number of sulfonamides is 1. The summed E-state index contributed by atoms with van der Waals surface area (Å²) in [4.78, 5) is 12.9. The van der Waals surface area contributed by atoms with Crippen molar-refractivity contribution in [2.45, 2.75) is 4.90 Å². The summed E-state index contributed by atoms with van der Waals surface area (Å²) in [5.41, 5.74) is 9.29. The van der Waals surface area contributed by atoms with E-state index >= 15 is 0 Å². The third-order valence-electron chi connectivity index (χ3n) is 4.43. The Balaban J connectivity index is 1.87. The number of ether oxygens (including phenoxy) is 1. The van der Waals surface area contributed by atoms with Gasteiger partial charge in [-0.1, -0.05) is 22.0 Å². The summed E-state index contributed by atoms with van der Waals surface area (Å²) >= 11 is 3.35. The minimum atomic E-state index is -3.71. The Morgan fingerprint density at radius 1 is 1.17 bits per heavy atom. The molecule has 12 heteroatoms. The van der Waals surface area contributed by atoms with Gasteiger partial charge in [0.2, 0.25) is 10.0 Å². The fourth-order valence-electron chi connectivity index (χ4n) is 2.92. The second-order valence-electron chi connectivity index (χ2n) is 6.37. The fourth-order valence-corrected chi connectivity index (χ4v) is 4.74. The Morgan fingerprint density at radius 2 is 1.90 bits per heavy atom. The summed E-state index contributed by atoms with van der Waals surface area (Å²) in [7, 11) is -3.71. The number of hydrazine groups is 2. The number of halogens is 1. The molecule has 0 aromatic heterocycles.